The molecule has 172 valence electrons. The van der Waals surface area contributed by atoms with Crippen LogP contribution in [0, 0.1) is 0 Å². The molecule has 8 heteroatoms. The van der Waals surface area contributed by atoms with Crippen molar-refractivity contribution in [2.24, 2.45) is 19.1 Å². The monoisotopic (exact) mass is 457 g/mol. The maximum absolute atomic E-state index is 13.5. The maximum Gasteiger partial charge on any atom is 0.332 e. The third-order valence-corrected chi connectivity index (χ3v) is 6.34. The summed E-state index contributed by atoms with van der Waals surface area (Å²) < 4.78 is 13.6. The normalized spacial score (nSPS) is 15.9. The van der Waals surface area contributed by atoms with Crippen LogP contribution in [-0.4, -0.2) is 27.9 Å². The second-order valence-corrected chi connectivity index (χ2v) is 8.23. The topological polar surface area (TPSA) is 91.9 Å². The molecule has 5 rings (SSSR count). The second-order valence-electron chi connectivity index (χ2n) is 8.23. The van der Waals surface area contributed by atoms with Gasteiger partial charge in [0.1, 0.15) is 17.3 Å². The van der Waals surface area contributed by atoms with Gasteiger partial charge in [0, 0.05) is 43.1 Å². The van der Waals surface area contributed by atoms with Crippen molar-refractivity contribution < 1.29 is 14.3 Å². The van der Waals surface area contributed by atoms with E-state index >= 15 is 0 Å². The number of allylic oxidation sites excluding steroid dienone is 1. The average Bonchev–Trinajstić information content (AvgIpc) is 3.18. The van der Waals surface area contributed by atoms with Crippen LogP contribution < -0.4 is 16.0 Å². The van der Waals surface area contributed by atoms with Gasteiger partial charge in [-0.25, -0.2) is 9.79 Å². The summed E-state index contributed by atoms with van der Waals surface area (Å²) in [5.74, 6) is 0.370. The first-order chi connectivity index (χ1) is 16.4. The number of hydrogen-bond acceptors (Lipinski definition) is 6. The highest BCUT2D eigenvalue weighted by molar-refractivity contribution is 6.25. The molecular formula is C26H23N3O5. The summed E-state index contributed by atoms with van der Waals surface area (Å²) in [5, 5.41) is 0. The Hall–Kier alpha value is -4.20. The van der Waals surface area contributed by atoms with E-state index in [0.717, 1.165) is 21.3 Å². The average molecular weight is 457 g/mol. The number of fused-ring (bicyclic) bond motifs is 4. The van der Waals surface area contributed by atoms with E-state index in [0.29, 0.717) is 34.2 Å². The molecule has 1 aliphatic heterocycles. The van der Waals surface area contributed by atoms with Gasteiger partial charge in [-0.3, -0.25) is 18.7 Å². The molecule has 0 saturated heterocycles. The van der Waals surface area contributed by atoms with Gasteiger partial charge in [-0.1, -0.05) is 43.3 Å². The summed E-state index contributed by atoms with van der Waals surface area (Å²) >= 11 is 0. The number of hydrogen-bond donors (Lipinski definition) is 0. The lowest BCUT2D eigenvalue weighted by Gasteiger charge is -2.27. The van der Waals surface area contributed by atoms with E-state index in [2.05, 4.69) is 0 Å². The predicted octanol–water partition coefficient (Wildman–Crippen LogP) is 3.04. The zero-order valence-corrected chi connectivity index (χ0v) is 19.3. The molecule has 0 saturated carbocycles. The summed E-state index contributed by atoms with van der Waals surface area (Å²) in [6.45, 7) is 1.73. The maximum atomic E-state index is 13.5. The molecule has 34 heavy (non-hydrogen) atoms. The van der Waals surface area contributed by atoms with Gasteiger partial charge in [-0.05, 0) is 17.7 Å². The minimum atomic E-state index is -0.606. The number of carbonyl (C=O) groups excluding carboxylic acids is 1. The summed E-state index contributed by atoms with van der Waals surface area (Å²) in [4.78, 5) is 43.4. The van der Waals surface area contributed by atoms with Gasteiger partial charge >= 0.3 is 11.7 Å². The van der Waals surface area contributed by atoms with Crippen LogP contribution in [0.1, 0.15) is 41.5 Å². The number of esters is 1. The molecule has 1 aliphatic carbocycles. The number of nitrogens with zero attached hydrogens (tertiary/aromatic N) is 3. The van der Waals surface area contributed by atoms with Crippen molar-refractivity contribution in [2.45, 2.75) is 19.3 Å². The summed E-state index contributed by atoms with van der Waals surface area (Å²) in [6, 6.07) is 14.9. The van der Waals surface area contributed by atoms with E-state index < -0.39 is 17.2 Å². The fraction of sp³-hybridized carbons (Fsp3) is 0.231. The van der Waals surface area contributed by atoms with Gasteiger partial charge in [0.2, 0.25) is 0 Å². The van der Waals surface area contributed by atoms with Crippen molar-refractivity contribution in [3.05, 3.63) is 97.2 Å². The molecule has 3 aromatic rings. The Morgan fingerprint density at radius 2 is 1.68 bits per heavy atom. The van der Waals surface area contributed by atoms with Crippen LogP contribution in [-0.2, 0) is 23.6 Å². The summed E-state index contributed by atoms with van der Waals surface area (Å²) in [7, 11) is 4.63. The smallest absolute Gasteiger partial charge is 0.332 e. The predicted molar refractivity (Wildman–Crippen MR) is 128 cm³/mol. The van der Waals surface area contributed by atoms with E-state index in [9.17, 15) is 14.4 Å². The van der Waals surface area contributed by atoms with Crippen LogP contribution in [0.15, 0.2) is 68.7 Å². The zero-order chi connectivity index (χ0) is 24.1. The lowest BCUT2D eigenvalue weighted by molar-refractivity contribution is -0.136. The quantitative estimate of drug-likeness (QED) is 0.562. The molecular weight excluding hydrogens is 434 g/mol. The first kappa shape index (κ1) is 21.6. The Kier molecular flexibility index (Phi) is 5.08. The first-order valence-corrected chi connectivity index (χ1v) is 10.9. The van der Waals surface area contributed by atoms with Crippen molar-refractivity contribution in [3.8, 4) is 5.75 Å². The van der Waals surface area contributed by atoms with Gasteiger partial charge in [0.05, 0.1) is 18.4 Å². The Bertz CT molecular complexity index is 1520. The number of benzene rings is 2. The number of methoxy groups -OCH3 is 1. The molecule has 8 nitrogen and oxygen atoms in total. The molecule has 0 spiro atoms. The summed E-state index contributed by atoms with van der Waals surface area (Å²) in [5.41, 5.74) is 2.98. The molecule has 0 unspecified atom stereocenters. The number of rotatable bonds is 4. The van der Waals surface area contributed by atoms with Crippen LogP contribution in [0.2, 0.25) is 0 Å². The van der Waals surface area contributed by atoms with Crippen LogP contribution in [0.5, 0.6) is 5.75 Å². The van der Waals surface area contributed by atoms with E-state index in [1.165, 1.54) is 11.6 Å². The van der Waals surface area contributed by atoms with E-state index in [1.807, 2.05) is 48.5 Å². The third kappa shape index (κ3) is 3.06. The Morgan fingerprint density at radius 1 is 1.00 bits per heavy atom. The van der Waals surface area contributed by atoms with Crippen molar-refractivity contribution in [1.82, 2.24) is 9.13 Å². The van der Waals surface area contributed by atoms with Crippen molar-refractivity contribution in [1.29, 1.82) is 0 Å². The molecule has 0 bridgehead atoms. The van der Waals surface area contributed by atoms with Crippen LogP contribution >= 0.6 is 0 Å². The minimum Gasteiger partial charge on any atom is -0.497 e. The fourth-order valence-corrected chi connectivity index (χ4v) is 4.60. The van der Waals surface area contributed by atoms with Crippen LogP contribution in [0.25, 0.3) is 5.76 Å². The summed E-state index contributed by atoms with van der Waals surface area (Å²) in [6.07, 6.45) is 0.200. The Labute approximate surface area is 195 Å². The van der Waals surface area contributed by atoms with Crippen LogP contribution in [0.3, 0.4) is 0 Å². The minimum absolute atomic E-state index is 0.200. The number of aromatic nitrogens is 2. The first-order valence-electron chi connectivity index (χ1n) is 10.9. The van der Waals surface area contributed by atoms with Gasteiger partial charge in [-0.2, -0.15) is 0 Å². The van der Waals surface area contributed by atoms with E-state index in [-0.39, 0.29) is 12.4 Å². The largest absolute Gasteiger partial charge is 0.497 e. The van der Waals surface area contributed by atoms with Crippen molar-refractivity contribution in [3.63, 3.8) is 0 Å². The highest BCUT2D eigenvalue weighted by atomic mass is 16.5. The molecule has 0 radical (unpaired) electrons. The molecule has 1 aromatic heterocycles. The zero-order valence-electron chi connectivity index (χ0n) is 19.3. The molecule has 0 amide bonds. The van der Waals surface area contributed by atoms with E-state index in [4.69, 9.17) is 14.5 Å². The molecule has 0 fully saturated rings. The molecule has 1 atom stereocenters. The number of aliphatic imine (C=N–C) groups is 1. The Morgan fingerprint density at radius 3 is 2.32 bits per heavy atom. The van der Waals surface area contributed by atoms with Gasteiger partial charge < -0.3 is 9.47 Å². The molecule has 2 heterocycles. The molecule has 0 N–H and O–H groups in total. The molecule has 2 aromatic carbocycles. The van der Waals surface area contributed by atoms with Gasteiger partial charge in [-0.15, -0.1) is 0 Å². The SMILES string of the molecule is CCC(=O)OC1=C2C(=Nc3c(c(=O)n(C)c(=O)n3C)[C@H]2c2ccc(OC)cc2)c2ccccc21. The molecule has 2 aliphatic rings. The number of ether oxygens (including phenoxy) is 2. The second kappa shape index (κ2) is 7.98. The van der Waals surface area contributed by atoms with Crippen molar-refractivity contribution in [2.75, 3.05) is 7.11 Å². The van der Waals surface area contributed by atoms with E-state index in [1.54, 1.807) is 21.1 Å². The lowest BCUT2D eigenvalue weighted by atomic mass is 9.81. The Balaban J connectivity index is 1.91. The number of carbonyl (C=O) groups is 1. The van der Waals surface area contributed by atoms with Crippen molar-refractivity contribution >= 4 is 23.3 Å². The highest BCUT2D eigenvalue weighted by Crippen LogP contribution is 2.49. The lowest BCUT2D eigenvalue weighted by Crippen LogP contribution is -2.41. The fourth-order valence-electron chi connectivity index (χ4n) is 4.60. The standard InChI is InChI=1S/C26H23N3O5/c1-5-18(30)34-23-17-9-7-6-8-16(17)22-20(23)19(14-10-12-15(33-4)13-11-14)21-24(27-22)28(2)26(32)29(3)25(21)31/h6-13,19H,5H2,1-4H3/t19-/m0/s1. The van der Waals surface area contributed by atoms with Gasteiger partial charge in [0.25, 0.3) is 5.56 Å². The third-order valence-electron chi connectivity index (χ3n) is 6.34. The highest BCUT2D eigenvalue weighted by Gasteiger charge is 2.42. The van der Waals surface area contributed by atoms with Gasteiger partial charge in [0.15, 0.2) is 0 Å². The van der Waals surface area contributed by atoms with Crippen LogP contribution in [0.4, 0.5) is 5.82 Å².